The molecule has 4 rings (SSSR count). The van der Waals surface area contributed by atoms with Gasteiger partial charge in [-0.25, -0.2) is 4.68 Å². The zero-order chi connectivity index (χ0) is 24.6. The molecule has 0 aliphatic heterocycles. The fourth-order valence-corrected chi connectivity index (χ4v) is 3.86. The van der Waals surface area contributed by atoms with Gasteiger partial charge in [-0.3, -0.25) is 9.59 Å². The zero-order valence-electron chi connectivity index (χ0n) is 19.0. The van der Waals surface area contributed by atoms with Gasteiger partial charge < -0.3 is 15.3 Å². The molecule has 0 aliphatic carbocycles. The van der Waals surface area contributed by atoms with Crippen molar-refractivity contribution in [1.29, 1.82) is 0 Å². The Balaban J connectivity index is 1.46. The van der Waals surface area contributed by atoms with Crippen LogP contribution in [0.2, 0.25) is 5.02 Å². The molecular formula is C27H25ClN4O3. The third kappa shape index (κ3) is 6.35. The van der Waals surface area contributed by atoms with Crippen LogP contribution in [0.15, 0.2) is 91.3 Å². The quantitative estimate of drug-likeness (QED) is 0.367. The molecule has 1 heterocycles. The summed E-state index contributed by atoms with van der Waals surface area (Å²) in [6, 6.07) is 23.8. The molecule has 7 nitrogen and oxygen atoms in total. The number of para-hydroxylation sites is 1. The van der Waals surface area contributed by atoms with Gasteiger partial charge in [0.05, 0.1) is 35.6 Å². The van der Waals surface area contributed by atoms with Crippen molar-refractivity contribution < 1.29 is 14.7 Å². The van der Waals surface area contributed by atoms with E-state index in [1.54, 1.807) is 64.4 Å². The fourth-order valence-electron chi connectivity index (χ4n) is 3.68. The van der Waals surface area contributed by atoms with E-state index in [4.69, 9.17) is 11.6 Å². The first-order chi connectivity index (χ1) is 17.0. The lowest BCUT2D eigenvalue weighted by Gasteiger charge is -2.22. The van der Waals surface area contributed by atoms with Crippen LogP contribution in [0.5, 0.6) is 0 Å². The Hall–Kier alpha value is -3.94. The van der Waals surface area contributed by atoms with Gasteiger partial charge >= 0.3 is 0 Å². The molecular weight excluding hydrogens is 464 g/mol. The first kappa shape index (κ1) is 24.2. The smallest absolute Gasteiger partial charge is 0.254 e. The number of nitrogens with zero attached hydrogens (tertiary/aromatic N) is 3. The molecule has 8 heteroatoms. The number of aromatic nitrogens is 2. The Morgan fingerprint density at radius 2 is 1.74 bits per heavy atom. The predicted molar refractivity (Wildman–Crippen MR) is 136 cm³/mol. The molecule has 0 saturated carbocycles. The number of hydrogen-bond donors (Lipinski definition) is 2. The number of aliphatic hydroxyl groups is 1. The molecule has 0 saturated heterocycles. The molecule has 0 bridgehead atoms. The van der Waals surface area contributed by atoms with Crippen LogP contribution in [0.4, 0.5) is 5.69 Å². The number of aliphatic hydroxyl groups excluding tert-OH is 1. The summed E-state index contributed by atoms with van der Waals surface area (Å²) >= 11 is 6.11. The first-order valence-corrected chi connectivity index (χ1v) is 11.5. The Labute approximate surface area is 208 Å². The van der Waals surface area contributed by atoms with Gasteiger partial charge in [0.1, 0.15) is 0 Å². The highest BCUT2D eigenvalue weighted by molar-refractivity contribution is 6.33. The van der Waals surface area contributed by atoms with Crippen LogP contribution in [0.3, 0.4) is 0 Å². The molecule has 0 aliphatic rings. The number of carbonyl (C=O) groups is 2. The second kappa shape index (κ2) is 11.5. The molecule has 4 aromatic rings. The summed E-state index contributed by atoms with van der Waals surface area (Å²) in [5.41, 5.74) is 3.44. The van der Waals surface area contributed by atoms with E-state index in [1.807, 2.05) is 36.4 Å². The van der Waals surface area contributed by atoms with E-state index in [0.717, 1.165) is 11.1 Å². The van der Waals surface area contributed by atoms with E-state index >= 15 is 0 Å². The van der Waals surface area contributed by atoms with Crippen LogP contribution in [-0.2, 0) is 17.8 Å². The van der Waals surface area contributed by atoms with Crippen LogP contribution >= 0.6 is 11.6 Å². The van der Waals surface area contributed by atoms with Crippen molar-refractivity contribution in [1.82, 2.24) is 14.7 Å². The minimum Gasteiger partial charge on any atom is -0.395 e. The lowest BCUT2D eigenvalue weighted by molar-refractivity contribution is -0.115. The molecule has 0 fully saturated rings. The van der Waals surface area contributed by atoms with Crippen LogP contribution < -0.4 is 5.32 Å². The van der Waals surface area contributed by atoms with Gasteiger partial charge in [-0.15, -0.1) is 0 Å². The predicted octanol–water partition coefficient (Wildman–Crippen LogP) is 4.34. The van der Waals surface area contributed by atoms with Gasteiger partial charge in [-0.1, -0.05) is 60.1 Å². The van der Waals surface area contributed by atoms with Crippen LogP contribution in [0.25, 0.3) is 5.69 Å². The lowest BCUT2D eigenvalue weighted by atomic mass is 10.1. The normalized spacial score (nSPS) is 10.7. The van der Waals surface area contributed by atoms with Crippen molar-refractivity contribution in [3.63, 3.8) is 0 Å². The molecule has 35 heavy (non-hydrogen) atoms. The third-order valence-electron chi connectivity index (χ3n) is 5.38. The van der Waals surface area contributed by atoms with Crippen molar-refractivity contribution in [2.24, 2.45) is 0 Å². The highest BCUT2D eigenvalue weighted by Crippen LogP contribution is 2.21. The zero-order valence-corrected chi connectivity index (χ0v) is 19.7. The second-order valence-corrected chi connectivity index (χ2v) is 8.39. The Bertz CT molecular complexity index is 1310. The van der Waals surface area contributed by atoms with Gasteiger partial charge in [0.15, 0.2) is 0 Å². The summed E-state index contributed by atoms with van der Waals surface area (Å²) < 4.78 is 1.63. The molecule has 0 unspecified atom stereocenters. The summed E-state index contributed by atoms with van der Waals surface area (Å²) in [5.74, 6) is -0.390. The Kier molecular flexibility index (Phi) is 7.92. The summed E-state index contributed by atoms with van der Waals surface area (Å²) in [4.78, 5) is 27.2. The number of anilines is 1. The number of hydrogen-bond acceptors (Lipinski definition) is 4. The van der Waals surface area contributed by atoms with Crippen LogP contribution in [0.1, 0.15) is 21.5 Å². The van der Waals surface area contributed by atoms with Crippen molar-refractivity contribution in [2.45, 2.75) is 13.0 Å². The average molecular weight is 489 g/mol. The second-order valence-electron chi connectivity index (χ2n) is 7.98. The fraction of sp³-hybridized carbons (Fsp3) is 0.148. The number of nitrogens with one attached hydrogen (secondary N) is 1. The van der Waals surface area contributed by atoms with Gasteiger partial charge in [-0.2, -0.15) is 5.10 Å². The molecule has 1 aromatic heterocycles. The summed E-state index contributed by atoms with van der Waals surface area (Å²) in [5, 5.41) is 17.1. The van der Waals surface area contributed by atoms with Crippen molar-refractivity contribution in [2.75, 3.05) is 18.5 Å². The van der Waals surface area contributed by atoms with E-state index in [1.165, 1.54) is 0 Å². The maximum Gasteiger partial charge on any atom is 0.254 e. The average Bonchev–Trinajstić information content (AvgIpc) is 3.34. The summed E-state index contributed by atoms with van der Waals surface area (Å²) in [6.45, 7) is 0.498. The number of benzene rings is 3. The molecule has 2 amide bonds. The molecule has 2 N–H and O–H groups in total. The number of rotatable bonds is 9. The van der Waals surface area contributed by atoms with E-state index in [2.05, 4.69) is 10.4 Å². The van der Waals surface area contributed by atoms with Crippen LogP contribution in [-0.4, -0.2) is 44.8 Å². The van der Waals surface area contributed by atoms with Gasteiger partial charge in [0.2, 0.25) is 5.91 Å². The van der Waals surface area contributed by atoms with Crippen LogP contribution in [0, 0.1) is 0 Å². The monoisotopic (exact) mass is 488 g/mol. The minimum atomic E-state index is -0.206. The molecule has 178 valence electrons. The summed E-state index contributed by atoms with van der Waals surface area (Å²) in [7, 11) is 0. The maximum absolute atomic E-state index is 13.2. The topological polar surface area (TPSA) is 87.5 Å². The van der Waals surface area contributed by atoms with Gasteiger partial charge in [0, 0.05) is 24.8 Å². The van der Waals surface area contributed by atoms with E-state index in [9.17, 15) is 14.7 Å². The third-order valence-corrected chi connectivity index (χ3v) is 5.71. The summed E-state index contributed by atoms with van der Waals surface area (Å²) in [6.07, 6.45) is 3.50. The van der Waals surface area contributed by atoms with Gasteiger partial charge in [0.25, 0.3) is 5.91 Å². The van der Waals surface area contributed by atoms with E-state index in [-0.39, 0.29) is 31.4 Å². The Morgan fingerprint density at radius 3 is 2.51 bits per heavy atom. The molecule has 0 atom stereocenters. The largest absolute Gasteiger partial charge is 0.395 e. The minimum absolute atomic E-state index is 0.128. The van der Waals surface area contributed by atoms with E-state index in [0.29, 0.717) is 28.5 Å². The molecule has 3 aromatic carbocycles. The molecule has 0 spiro atoms. The van der Waals surface area contributed by atoms with Crippen molar-refractivity contribution in [3.05, 3.63) is 113 Å². The van der Waals surface area contributed by atoms with Crippen molar-refractivity contribution in [3.8, 4) is 5.69 Å². The van der Waals surface area contributed by atoms with Gasteiger partial charge in [-0.05, 0) is 41.5 Å². The lowest BCUT2D eigenvalue weighted by Crippen LogP contribution is -2.33. The standard InChI is InChI=1S/C27H25ClN4O3/c28-24-11-4-5-12-25(24)30-26(34)15-21-17-29-32(19-21)23-10-6-9-22(16-23)27(35)31(13-14-33)18-20-7-2-1-3-8-20/h1-12,16-17,19,33H,13-15,18H2,(H,30,34). The molecule has 0 radical (unpaired) electrons. The highest BCUT2D eigenvalue weighted by atomic mass is 35.5. The first-order valence-electron chi connectivity index (χ1n) is 11.2. The van der Waals surface area contributed by atoms with Crippen molar-refractivity contribution >= 4 is 29.1 Å². The number of amides is 2. The SMILES string of the molecule is O=C(Cc1cnn(-c2cccc(C(=O)N(CCO)Cc3ccccc3)c2)c1)Nc1ccccc1Cl. The Morgan fingerprint density at radius 1 is 0.971 bits per heavy atom. The maximum atomic E-state index is 13.2. The van der Waals surface area contributed by atoms with E-state index < -0.39 is 0 Å². The number of halogens is 1. The number of carbonyl (C=O) groups excluding carboxylic acids is 2. The highest BCUT2D eigenvalue weighted by Gasteiger charge is 2.17.